The topological polar surface area (TPSA) is 77.5 Å². The van der Waals surface area contributed by atoms with Crippen LogP contribution in [0.25, 0.3) is 0 Å². The van der Waals surface area contributed by atoms with Crippen molar-refractivity contribution in [2.24, 2.45) is 0 Å². The van der Waals surface area contributed by atoms with Gasteiger partial charge in [0, 0.05) is 5.69 Å². The first-order valence-corrected chi connectivity index (χ1v) is 13.4. The van der Waals surface area contributed by atoms with E-state index in [4.69, 9.17) is 9.16 Å². The average Bonchev–Trinajstić information content (AvgIpc) is 2.68. The predicted octanol–water partition coefficient (Wildman–Crippen LogP) is 5.20. The molecular formula is C24H34N2O4Si. The smallest absolute Gasteiger partial charge is 0.408 e. The van der Waals surface area contributed by atoms with E-state index in [-0.39, 0.29) is 24.0 Å². The van der Waals surface area contributed by atoms with Crippen LogP contribution < -0.4 is 5.32 Å². The van der Waals surface area contributed by atoms with Crippen LogP contribution in [0.1, 0.15) is 48.1 Å². The maximum Gasteiger partial charge on any atom is 0.408 e. The second kappa shape index (κ2) is 10.2. The Morgan fingerprint density at radius 1 is 1.10 bits per heavy atom. The van der Waals surface area contributed by atoms with Gasteiger partial charge >= 0.3 is 6.09 Å². The maximum atomic E-state index is 13.2. The second-order valence-electron chi connectivity index (χ2n) is 9.37. The van der Waals surface area contributed by atoms with Crippen molar-refractivity contribution in [2.75, 3.05) is 6.61 Å². The molecule has 1 atom stereocenters. The van der Waals surface area contributed by atoms with Crippen LogP contribution in [0.3, 0.4) is 0 Å². The molecule has 0 unspecified atom stereocenters. The molecule has 0 radical (unpaired) electrons. The van der Waals surface area contributed by atoms with Gasteiger partial charge < -0.3 is 14.5 Å². The minimum Gasteiger partial charge on any atom is -0.445 e. The summed E-state index contributed by atoms with van der Waals surface area (Å²) >= 11 is 0. The lowest BCUT2D eigenvalue weighted by Crippen LogP contribution is -2.49. The van der Waals surface area contributed by atoms with E-state index in [9.17, 15) is 9.59 Å². The fourth-order valence-electron chi connectivity index (χ4n) is 2.74. The van der Waals surface area contributed by atoms with E-state index in [0.29, 0.717) is 5.69 Å². The summed E-state index contributed by atoms with van der Waals surface area (Å²) in [5.41, 5.74) is 2.87. The molecule has 1 amide bonds. The molecule has 0 aliphatic rings. The lowest BCUT2D eigenvalue weighted by atomic mass is 10.1. The Bertz CT molecular complexity index is 887. The molecule has 1 N–H and O–H groups in total. The summed E-state index contributed by atoms with van der Waals surface area (Å²) in [6.07, 6.45) is -0.662. The standard InChI is InChI=1S/C24H34N2O4Si/c1-17-13-18(2)25-20(14-17)22(27)21(16-30-31(6,7)24(3,4)5)26-23(28)29-15-19-11-9-8-10-12-19/h8-14,21H,15-16H2,1-7H3,(H,26,28)/t21-/m0/s1. The van der Waals surface area contributed by atoms with Gasteiger partial charge in [-0.05, 0) is 55.2 Å². The Hall–Kier alpha value is -2.51. The van der Waals surface area contributed by atoms with Crippen LogP contribution in [0.4, 0.5) is 4.79 Å². The van der Waals surface area contributed by atoms with Crippen LogP contribution >= 0.6 is 0 Å². The van der Waals surface area contributed by atoms with Gasteiger partial charge in [0.2, 0.25) is 5.78 Å². The van der Waals surface area contributed by atoms with Gasteiger partial charge in [-0.15, -0.1) is 0 Å². The number of carbonyl (C=O) groups is 2. The quantitative estimate of drug-likeness (QED) is 0.449. The Morgan fingerprint density at radius 3 is 2.32 bits per heavy atom. The molecule has 0 saturated carbocycles. The molecule has 1 aromatic carbocycles. The van der Waals surface area contributed by atoms with Gasteiger partial charge in [-0.1, -0.05) is 51.1 Å². The number of nitrogens with zero attached hydrogens (tertiary/aromatic N) is 1. The van der Waals surface area contributed by atoms with Crippen molar-refractivity contribution in [1.82, 2.24) is 10.3 Å². The van der Waals surface area contributed by atoms with Crippen LogP contribution in [0.2, 0.25) is 18.1 Å². The van der Waals surface area contributed by atoms with Gasteiger partial charge in [0.25, 0.3) is 0 Å². The van der Waals surface area contributed by atoms with Crippen LogP contribution in [0.5, 0.6) is 0 Å². The van der Waals surface area contributed by atoms with Gasteiger partial charge in [0.05, 0.1) is 6.61 Å². The van der Waals surface area contributed by atoms with Gasteiger partial charge in [0.1, 0.15) is 18.3 Å². The SMILES string of the molecule is Cc1cc(C)nc(C(=O)[C@H](CO[Si](C)(C)C(C)(C)C)NC(=O)OCc2ccccc2)c1. The van der Waals surface area contributed by atoms with Gasteiger partial charge in [-0.2, -0.15) is 0 Å². The van der Waals surface area contributed by atoms with Crippen molar-refractivity contribution in [3.8, 4) is 0 Å². The first-order chi connectivity index (χ1) is 14.4. The predicted molar refractivity (Wildman–Crippen MR) is 125 cm³/mol. The monoisotopic (exact) mass is 442 g/mol. The fourth-order valence-corrected chi connectivity index (χ4v) is 3.76. The minimum absolute atomic E-state index is 0.0212. The molecule has 1 aromatic heterocycles. The number of Topliss-reactive ketones (excluding diaryl/α,β-unsaturated/α-hetero) is 1. The number of benzene rings is 1. The van der Waals surface area contributed by atoms with E-state index in [1.807, 2.05) is 50.2 Å². The highest BCUT2D eigenvalue weighted by Gasteiger charge is 2.38. The van der Waals surface area contributed by atoms with Crippen LogP contribution in [-0.2, 0) is 15.8 Å². The third-order valence-electron chi connectivity index (χ3n) is 5.59. The fraction of sp³-hybridized carbons (Fsp3) is 0.458. The zero-order chi connectivity index (χ0) is 23.2. The molecule has 0 bridgehead atoms. The summed E-state index contributed by atoms with van der Waals surface area (Å²) in [4.78, 5) is 30.1. The highest BCUT2D eigenvalue weighted by atomic mass is 28.4. The van der Waals surface area contributed by atoms with Gasteiger partial charge in [-0.3, -0.25) is 4.79 Å². The number of hydrogen-bond donors (Lipinski definition) is 1. The number of rotatable bonds is 8. The molecule has 0 spiro atoms. The molecule has 1 heterocycles. The summed E-state index contributed by atoms with van der Waals surface area (Å²) in [6, 6.07) is 12.1. The molecule has 0 fully saturated rings. The van der Waals surface area contributed by atoms with Crippen molar-refractivity contribution in [1.29, 1.82) is 0 Å². The normalized spacial score (nSPS) is 12.9. The number of ketones is 1. The number of nitrogens with one attached hydrogen (secondary N) is 1. The van der Waals surface area contributed by atoms with E-state index in [2.05, 4.69) is 44.2 Å². The minimum atomic E-state index is -2.12. The van der Waals surface area contributed by atoms with Gasteiger partial charge in [0.15, 0.2) is 8.32 Å². The third-order valence-corrected chi connectivity index (χ3v) is 10.1. The van der Waals surface area contributed by atoms with E-state index < -0.39 is 20.5 Å². The number of pyridine rings is 1. The molecule has 0 aliphatic heterocycles. The molecule has 2 aromatic rings. The zero-order valence-corrected chi connectivity index (χ0v) is 20.6. The van der Waals surface area contributed by atoms with Crippen molar-refractivity contribution in [3.05, 3.63) is 65.0 Å². The molecule has 0 aliphatic carbocycles. The highest BCUT2D eigenvalue weighted by Crippen LogP contribution is 2.36. The second-order valence-corrected chi connectivity index (χ2v) is 14.2. The van der Waals surface area contributed by atoms with Crippen LogP contribution in [0, 0.1) is 13.8 Å². The lowest BCUT2D eigenvalue weighted by Gasteiger charge is -2.37. The van der Waals surface area contributed by atoms with E-state index in [0.717, 1.165) is 16.8 Å². The van der Waals surface area contributed by atoms with Crippen LogP contribution in [-0.4, -0.2) is 37.8 Å². The maximum absolute atomic E-state index is 13.2. The summed E-state index contributed by atoms with van der Waals surface area (Å²) in [5, 5.41) is 2.67. The molecule has 31 heavy (non-hydrogen) atoms. The summed E-state index contributed by atoms with van der Waals surface area (Å²) in [5.74, 6) is -0.290. The largest absolute Gasteiger partial charge is 0.445 e. The van der Waals surface area contributed by atoms with Crippen molar-refractivity contribution in [3.63, 3.8) is 0 Å². The average molecular weight is 443 g/mol. The van der Waals surface area contributed by atoms with Crippen molar-refractivity contribution >= 4 is 20.2 Å². The molecular weight excluding hydrogens is 408 g/mol. The summed E-state index contributed by atoms with van der Waals surface area (Å²) in [7, 11) is -2.12. The number of amides is 1. The number of alkyl carbamates (subject to hydrolysis) is 1. The van der Waals surface area contributed by atoms with Crippen LogP contribution in [0.15, 0.2) is 42.5 Å². The molecule has 6 nitrogen and oxygen atoms in total. The molecule has 2 rings (SSSR count). The Balaban J connectivity index is 2.16. The zero-order valence-electron chi connectivity index (χ0n) is 19.6. The number of hydrogen-bond acceptors (Lipinski definition) is 5. The highest BCUT2D eigenvalue weighted by molar-refractivity contribution is 6.74. The van der Waals surface area contributed by atoms with Gasteiger partial charge in [-0.25, -0.2) is 9.78 Å². The Morgan fingerprint density at radius 2 is 1.74 bits per heavy atom. The van der Waals surface area contributed by atoms with E-state index in [1.165, 1.54) is 0 Å². The number of carbonyl (C=O) groups excluding carboxylic acids is 2. The third kappa shape index (κ3) is 7.29. The first kappa shape index (κ1) is 24.8. The van der Waals surface area contributed by atoms with E-state index >= 15 is 0 Å². The molecule has 168 valence electrons. The number of aryl methyl sites for hydroxylation is 2. The summed E-state index contributed by atoms with van der Waals surface area (Å²) in [6.45, 7) is 14.5. The van der Waals surface area contributed by atoms with Crippen molar-refractivity contribution in [2.45, 2.75) is 65.4 Å². The molecule has 0 saturated heterocycles. The number of ether oxygens (including phenoxy) is 1. The van der Waals surface area contributed by atoms with Crippen molar-refractivity contribution < 1.29 is 18.8 Å². The summed E-state index contributed by atoms with van der Waals surface area (Å²) < 4.78 is 11.6. The lowest BCUT2D eigenvalue weighted by molar-refractivity contribution is 0.0864. The molecule has 7 heteroatoms. The first-order valence-electron chi connectivity index (χ1n) is 10.5. The Kier molecular flexibility index (Phi) is 8.14. The van der Waals surface area contributed by atoms with E-state index in [1.54, 1.807) is 6.07 Å². The number of aromatic nitrogens is 1. The Labute approximate surface area is 186 Å².